The lowest BCUT2D eigenvalue weighted by Gasteiger charge is -2.20. The molecular weight excluding hydrogens is 424 g/mol. The van der Waals surface area contributed by atoms with E-state index in [-0.39, 0.29) is 11.5 Å². The van der Waals surface area contributed by atoms with E-state index in [2.05, 4.69) is 10.6 Å². The van der Waals surface area contributed by atoms with Crippen LogP contribution in [0.4, 0.5) is 11.4 Å². The number of carbonyl (C=O) groups excluding carboxylic acids is 3. The van der Waals surface area contributed by atoms with Crippen LogP contribution in [0, 0.1) is 13.8 Å². The first-order valence-electron chi connectivity index (χ1n) is 10.1. The summed E-state index contributed by atoms with van der Waals surface area (Å²) in [6, 6.07) is 19.6. The molecule has 2 amide bonds. The summed E-state index contributed by atoms with van der Waals surface area (Å²) in [5, 5.41) is 5.62. The Labute approximate surface area is 190 Å². The van der Waals surface area contributed by atoms with Gasteiger partial charge in [0.25, 0.3) is 5.91 Å². The first-order chi connectivity index (χ1) is 15.4. The summed E-state index contributed by atoms with van der Waals surface area (Å²) in [4.78, 5) is 38.6. The highest BCUT2D eigenvalue weighted by atomic mass is 32.2. The highest BCUT2D eigenvalue weighted by molar-refractivity contribution is 8.00. The van der Waals surface area contributed by atoms with Crippen LogP contribution in [0.25, 0.3) is 0 Å². The van der Waals surface area contributed by atoms with Crippen molar-refractivity contribution in [2.24, 2.45) is 0 Å². The molecule has 6 nitrogen and oxygen atoms in total. The Morgan fingerprint density at radius 2 is 1.72 bits per heavy atom. The molecule has 0 radical (unpaired) electrons. The van der Waals surface area contributed by atoms with Crippen molar-refractivity contribution >= 4 is 40.9 Å². The molecule has 162 valence electrons. The number of carbonyl (C=O) groups is 3. The lowest BCUT2D eigenvalue weighted by atomic mass is 10.1. The minimum Gasteiger partial charge on any atom is -0.444 e. The van der Waals surface area contributed by atoms with E-state index in [0.717, 1.165) is 16.0 Å². The van der Waals surface area contributed by atoms with Gasteiger partial charge < -0.3 is 15.4 Å². The Bertz CT molecular complexity index is 1170. The second-order valence-corrected chi connectivity index (χ2v) is 8.63. The van der Waals surface area contributed by atoms with Crippen molar-refractivity contribution in [2.75, 3.05) is 16.4 Å². The van der Waals surface area contributed by atoms with Crippen LogP contribution in [0.1, 0.15) is 33.2 Å². The van der Waals surface area contributed by atoms with Crippen LogP contribution in [0.2, 0.25) is 0 Å². The van der Waals surface area contributed by atoms with Gasteiger partial charge >= 0.3 is 5.97 Å². The number of nitrogens with one attached hydrogen (secondary N) is 2. The van der Waals surface area contributed by atoms with Crippen molar-refractivity contribution < 1.29 is 19.1 Å². The molecule has 1 aliphatic heterocycles. The number of esters is 1. The Morgan fingerprint density at radius 1 is 1.00 bits per heavy atom. The van der Waals surface area contributed by atoms with Crippen molar-refractivity contribution in [3.05, 3.63) is 89.0 Å². The molecule has 0 spiro atoms. The van der Waals surface area contributed by atoms with Gasteiger partial charge in [-0.3, -0.25) is 9.59 Å². The number of ether oxygens (including phenoxy) is 1. The molecule has 1 heterocycles. The summed E-state index contributed by atoms with van der Waals surface area (Å²) >= 11 is 1.41. The van der Waals surface area contributed by atoms with Crippen LogP contribution in [-0.2, 0) is 14.3 Å². The number of hydrogen-bond donors (Lipinski definition) is 2. The second-order valence-electron chi connectivity index (χ2n) is 7.61. The lowest BCUT2D eigenvalue weighted by molar-refractivity contribution is -0.125. The largest absolute Gasteiger partial charge is 0.444 e. The third-order valence-electron chi connectivity index (χ3n) is 4.90. The van der Waals surface area contributed by atoms with Gasteiger partial charge in [-0.05, 0) is 55.3 Å². The zero-order valence-electron chi connectivity index (χ0n) is 17.7. The fraction of sp³-hybridized carbons (Fsp3) is 0.160. The molecule has 0 bridgehead atoms. The summed E-state index contributed by atoms with van der Waals surface area (Å²) in [5.41, 5.74) is 4.05. The van der Waals surface area contributed by atoms with Gasteiger partial charge in [0, 0.05) is 16.1 Å². The van der Waals surface area contributed by atoms with Crippen LogP contribution in [-0.4, -0.2) is 23.5 Å². The molecule has 3 aromatic rings. The van der Waals surface area contributed by atoms with Gasteiger partial charge in [-0.15, -0.1) is 11.8 Å². The molecule has 3 aromatic carbocycles. The Kier molecular flexibility index (Phi) is 6.28. The molecule has 32 heavy (non-hydrogen) atoms. The molecule has 2 N–H and O–H groups in total. The number of anilines is 2. The molecule has 4 rings (SSSR count). The Morgan fingerprint density at radius 3 is 2.44 bits per heavy atom. The van der Waals surface area contributed by atoms with E-state index < -0.39 is 18.0 Å². The van der Waals surface area contributed by atoms with Gasteiger partial charge in [0.1, 0.15) is 0 Å². The van der Waals surface area contributed by atoms with Gasteiger partial charge in [0.2, 0.25) is 12.0 Å². The Hall–Kier alpha value is -3.58. The molecule has 1 aliphatic rings. The average Bonchev–Trinajstić information content (AvgIpc) is 2.76. The fourth-order valence-electron chi connectivity index (χ4n) is 3.54. The minimum atomic E-state index is -1.13. The van der Waals surface area contributed by atoms with Crippen molar-refractivity contribution in [1.29, 1.82) is 0 Å². The van der Waals surface area contributed by atoms with Crippen LogP contribution in [0.15, 0.2) is 71.6 Å². The van der Waals surface area contributed by atoms with Gasteiger partial charge in [0.05, 0.1) is 17.0 Å². The summed E-state index contributed by atoms with van der Waals surface area (Å²) in [6.07, 6.45) is -1.13. The van der Waals surface area contributed by atoms with Gasteiger partial charge in [-0.25, -0.2) is 4.79 Å². The zero-order valence-corrected chi connectivity index (χ0v) is 18.5. The molecule has 0 fully saturated rings. The smallest absolute Gasteiger partial charge is 0.339 e. The summed E-state index contributed by atoms with van der Waals surface area (Å²) in [6.45, 7) is 3.90. The topological polar surface area (TPSA) is 84.5 Å². The second kappa shape index (κ2) is 9.28. The quantitative estimate of drug-likeness (QED) is 0.546. The van der Waals surface area contributed by atoms with Crippen molar-refractivity contribution in [1.82, 2.24) is 0 Å². The van der Waals surface area contributed by atoms with Crippen molar-refractivity contribution in [2.45, 2.75) is 24.8 Å². The van der Waals surface area contributed by atoms with E-state index in [0.29, 0.717) is 22.7 Å². The maximum absolute atomic E-state index is 13.1. The van der Waals surface area contributed by atoms with Gasteiger partial charge in [-0.2, -0.15) is 0 Å². The number of hydrogen-bond acceptors (Lipinski definition) is 5. The van der Waals surface area contributed by atoms with E-state index in [1.807, 2.05) is 38.1 Å². The molecule has 0 saturated carbocycles. The average molecular weight is 447 g/mol. The fourth-order valence-corrected chi connectivity index (χ4v) is 4.33. The third kappa shape index (κ3) is 5.00. The van der Waals surface area contributed by atoms with E-state index >= 15 is 0 Å². The maximum Gasteiger partial charge on any atom is 0.339 e. The summed E-state index contributed by atoms with van der Waals surface area (Å²) < 4.78 is 5.66. The Balaban J connectivity index is 1.58. The summed E-state index contributed by atoms with van der Waals surface area (Å²) in [5.74, 6) is -0.882. The number of amides is 2. The molecule has 0 aliphatic carbocycles. The molecule has 1 unspecified atom stereocenters. The van der Waals surface area contributed by atoms with E-state index in [1.54, 1.807) is 42.5 Å². The highest BCUT2D eigenvalue weighted by Gasteiger charge is 2.27. The predicted octanol–water partition coefficient (Wildman–Crippen LogP) is 4.88. The number of rotatable bonds is 5. The van der Waals surface area contributed by atoms with Crippen molar-refractivity contribution in [3.63, 3.8) is 0 Å². The number of thioether (sulfide) groups is 1. The molecule has 0 saturated heterocycles. The number of benzene rings is 3. The molecule has 1 atom stereocenters. The SMILES string of the molecule is Cc1cc(C)cc(NC(=O)C(OC(=O)c2ccc3c(c2)NC(=O)CS3)c2ccccc2)c1. The summed E-state index contributed by atoms with van der Waals surface area (Å²) in [7, 11) is 0. The molecular formula is C25H22N2O4S. The number of aryl methyl sites for hydroxylation is 2. The van der Waals surface area contributed by atoms with Gasteiger partial charge in [-0.1, -0.05) is 36.4 Å². The van der Waals surface area contributed by atoms with E-state index in [1.165, 1.54) is 11.8 Å². The standard InChI is InChI=1S/C25H22N2O4S/c1-15-10-16(2)12-19(11-15)26-24(29)23(17-6-4-3-5-7-17)31-25(30)18-8-9-21-20(13-18)27-22(28)14-32-21/h3-13,23H,14H2,1-2H3,(H,26,29)(H,27,28). The molecule has 0 aromatic heterocycles. The van der Waals surface area contributed by atoms with E-state index in [4.69, 9.17) is 4.74 Å². The lowest BCUT2D eigenvalue weighted by Crippen LogP contribution is -2.26. The maximum atomic E-state index is 13.1. The minimum absolute atomic E-state index is 0.122. The van der Waals surface area contributed by atoms with Crippen LogP contribution in [0.3, 0.4) is 0 Å². The normalized spacial score (nSPS) is 13.5. The van der Waals surface area contributed by atoms with Crippen LogP contribution < -0.4 is 10.6 Å². The monoisotopic (exact) mass is 446 g/mol. The van der Waals surface area contributed by atoms with E-state index in [9.17, 15) is 14.4 Å². The van der Waals surface area contributed by atoms with Crippen LogP contribution in [0.5, 0.6) is 0 Å². The zero-order chi connectivity index (χ0) is 22.7. The van der Waals surface area contributed by atoms with Crippen molar-refractivity contribution in [3.8, 4) is 0 Å². The first-order valence-corrected chi connectivity index (χ1v) is 11.1. The molecule has 7 heteroatoms. The third-order valence-corrected chi connectivity index (χ3v) is 5.98. The predicted molar refractivity (Wildman–Crippen MR) is 125 cm³/mol. The number of fused-ring (bicyclic) bond motifs is 1. The van der Waals surface area contributed by atoms with Gasteiger partial charge in [0.15, 0.2) is 0 Å². The van der Waals surface area contributed by atoms with Crippen LogP contribution >= 0.6 is 11.8 Å². The highest BCUT2D eigenvalue weighted by Crippen LogP contribution is 2.32. The first kappa shape index (κ1) is 21.6.